The first-order chi connectivity index (χ1) is 18.3. The maximum absolute atomic E-state index is 13.2. The van der Waals surface area contributed by atoms with Gasteiger partial charge in [0.05, 0.1) is 5.75 Å². The Balaban J connectivity index is 1.50. The molecule has 2 aromatic rings. The van der Waals surface area contributed by atoms with Crippen LogP contribution in [-0.2, 0) is 30.9 Å². The lowest BCUT2D eigenvalue weighted by atomic mass is 9.85. The van der Waals surface area contributed by atoms with Crippen LogP contribution in [0.1, 0.15) is 56.6 Å². The Morgan fingerprint density at radius 1 is 1.21 bits per heavy atom. The van der Waals surface area contributed by atoms with Gasteiger partial charge in [-0.2, -0.15) is 0 Å². The molecule has 2 fully saturated rings. The zero-order valence-electron chi connectivity index (χ0n) is 22.5. The van der Waals surface area contributed by atoms with Gasteiger partial charge in [-0.1, -0.05) is 37.3 Å². The number of piperidine rings is 1. The molecule has 1 aromatic heterocycles. The van der Waals surface area contributed by atoms with E-state index in [4.69, 9.17) is 9.47 Å². The summed E-state index contributed by atoms with van der Waals surface area (Å²) in [5.41, 5.74) is 1.77. The molecule has 2 heterocycles. The van der Waals surface area contributed by atoms with Crippen LogP contribution in [0.3, 0.4) is 0 Å². The van der Waals surface area contributed by atoms with Gasteiger partial charge in [0.1, 0.15) is 24.3 Å². The number of ether oxygens (including phenoxy) is 2. The average molecular weight is 545 g/mol. The molecule has 1 aliphatic carbocycles. The molecule has 0 amide bonds. The Hall–Kier alpha value is -2.69. The third-order valence-electron chi connectivity index (χ3n) is 7.50. The lowest BCUT2D eigenvalue weighted by molar-refractivity contribution is -0.148. The summed E-state index contributed by atoms with van der Waals surface area (Å²) in [6.07, 6.45) is 3.85. The molecule has 1 saturated carbocycles. The minimum atomic E-state index is -3.53. The van der Waals surface area contributed by atoms with Crippen LogP contribution < -0.4 is 15.4 Å². The van der Waals surface area contributed by atoms with Crippen molar-refractivity contribution in [3.05, 3.63) is 53.6 Å². The van der Waals surface area contributed by atoms with E-state index in [9.17, 15) is 13.2 Å². The number of methoxy groups -OCH3 is 1. The van der Waals surface area contributed by atoms with Crippen molar-refractivity contribution in [2.24, 2.45) is 11.8 Å². The first-order valence-electron chi connectivity index (χ1n) is 13.5. The zero-order chi connectivity index (χ0) is 27.1. The average Bonchev–Trinajstić information content (AvgIpc) is 3.66. The number of carbonyl (C=O) groups excluding carboxylic acids is 1. The Labute approximate surface area is 226 Å². The number of sulfonamides is 1. The largest absolute Gasteiger partial charge is 0.460 e. The number of nitrogens with one attached hydrogen (secondary N) is 3. The van der Waals surface area contributed by atoms with E-state index in [1.54, 1.807) is 20.1 Å². The van der Waals surface area contributed by atoms with Gasteiger partial charge in [0.2, 0.25) is 10.0 Å². The van der Waals surface area contributed by atoms with Gasteiger partial charge in [-0.25, -0.2) is 13.4 Å². The number of nitrogens with zero attached hydrogens (tertiary/aromatic N) is 1. The fraction of sp³-hybridized carbons (Fsp3) is 0.571. The third kappa shape index (κ3) is 7.68. The molecule has 3 N–H and O–H groups in total. The minimum Gasteiger partial charge on any atom is -0.460 e. The summed E-state index contributed by atoms with van der Waals surface area (Å²) in [5.74, 6) is 1.54. The molecule has 38 heavy (non-hydrogen) atoms. The van der Waals surface area contributed by atoms with Gasteiger partial charge < -0.3 is 20.1 Å². The lowest BCUT2D eigenvalue weighted by Crippen LogP contribution is -2.46. The number of rotatable bonds is 13. The van der Waals surface area contributed by atoms with Crippen LogP contribution in [0.25, 0.3) is 0 Å². The van der Waals surface area contributed by atoms with Crippen molar-refractivity contribution >= 4 is 27.6 Å². The normalized spacial score (nSPS) is 23.9. The molecule has 0 bridgehead atoms. The van der Waals surface area contributed by atoms with E-state index in [0.717, 1.165) is 37.8 Å². The molecule has 208 valence electrons. The Kier molecular flexibility index (Phi) is 9.62. The predicted octanol–water partition coefficient (Wildman–Crippen LogP) is 3.90. The summed E-state index contributed by atoms with van der Waals surface area (Å²) in [7, 11) is -1.84. The molecule has 0 spiro atoms. The number of hydrogen-bond acceptors (Lipinski definition) is 8. The number of anilines is 2. The zero-order valence-corrected chi connectivity index (χ0v) is 23.3. The van der Waals surface area contributed by atoms with Crippen LogP contribution in [-0.4, -0.2) is 57.5 Å². The van der Waals surface area contributed by atoms with E-state index in [2.05, 4.69) is 27.3 Å². The topological polar surface area (TPSA) is 119 Å². The van der Waals surface area contributed by atoms with Crippen molar-refractivity contribution < 1.29 is 22.7 Å². The fourth-order valence-electron chi connectivity index (χ4n) is 5.21. The van der Waals surface area contributed by atoms with Gasteiger partial charge in [0, 0.05) is 25.7 Å². The van der Waals surface area contributed by atoms with Crippen molar-refractivity contribution in [2.75, 3.05) is 36.1 Å². The van der Waals surface area contributed by atoms with Crippen molar-refractivity contribution in [2.45, 2.75) is 64.1 Å². The second-order valence-electron chi connectivity index (χ2n) is 10.4. The van der Waals surface area contributed by atoms with Crippen molar-refractivity contribution in [3.8, 4) is 0 Å². The van der Waals surface area contributed by atoms with Crippen molar-refractivity contribution in [1.29, 1.82) is 0 Å². The predicted molar refractivity (Wildman–Crippen MR) is 148 cm³/mol. The maximum atomic E-state index is 13.2. The van der Waals surface area contributed by atoms with Gasteiger partial charge >= 0.3 is 5.97 Å². The summed E-state index contributed by atoms with van der Waals surface area (Å²) in [4.78, 5) is 17.7. The number of carbonyl (C=O) groups is 1. The Bertz CT molecular complexity index is 1180. The summed E-state index contributed by atoms with van der Waals surface area (Å²) >= 11 is 0. The molecule has 1 aromatic carbocycles. The fourth-order valence-corrected chi connectivity index (χ4v) is 5.78. The van der Waals surface area contributed by atoms with Gasteiger partial charge in [0.15, 0.2) is 0 Å². The lowest BCUT2D eigenvalue weighted by Gasteiger charge is -2.31. The molecule has 4 rings (SSSR count). The van der Waals surface area contributed by atoms with Crippen LogP contribution in [0.15, 0.2) is 42.5 Å². The van der Waals surface area contributed by atoms with E-state index in [0.29, 0.717) is 29.8 Å². The number of hydrogen-bond donors (Lipinski definition) is 3. The number of pyridine rings is 1. The van der Waals surface area contributed by atoms with E-state index >= 15 is 0 Å². The van der Waals surface area contributed by atoms with E-state index in [-0.39, 0.29) is 36.1 Å². The molecule has 1 aliphatic heterocycles. The summed E-state index contributed by atoms with van der Waals surface area (Å²) < 4.78 is 38.2. The molecular formula is C28H40N4O5S. The highest BCUT2D eigenvalue weighted by molar-refractivity contribution is 7.92. The number of benzene rings is 1. The molecule has 10 heteroatoms. The number of esters is 1. The first-order valence-corrected chi connectivity index (χ1v) is 15.2. The highest BCUT2D eigenvalue weighted by Crippen LogP contribution is 2.42. The van der Waals surface area contributed by atoms with Crippen LogP contribution in [0.5, 0.6) is 0 Å². The third-order valence-corrected chi connectivity index (χ3v) is 8.78. The molecule has 5 atom stereocenters. The molecule has 0 radical (unpaired) electrons. The molecule has 1 saturated heterocycles. The monoisotopic (exact) mass is 544 g/mol. The maximum Gasteiger partial charge on any atom is 0.324 e. The second-order valence-corrected chi connectivity index (χ2v) is 12.4. The minimum absolute atomic E-state index is 0.0130. The quantitative estimate of drug-likeness (QED) is 0.325. The first kappa shape index (κ1) is 28.3. The summed E-state index contributed by atoms with van der Waals surface area (Å²) in [5, 5.41) is 6.82. The van der Waals surface area contributed by atoms with Gasteiger partial charge in [-0.15, -0.1) is 0 Å². The Morgan fingerprint density at radius 3 is 2.63 bits per heavy atom. The van der Waals surface area contributed by atoms with E-state index in [1.165, 1.54) is 0 Å². The smallest absolute Gasteiger partial charge is 0.324 e. The van der Waals surface area contributed by atoms with Crippen LogP contribution in [0.4, 0.5) is 11.6 Å². The van der Waals surface area contributed by atoms with Crippen LogP contribution in [0.2, 0.25) is 0 Å². The summed E-state index contributed by atoms with van der Waals surface area (Å²) in [6.45, 7) is 5.18. The van der Waals surface area contributed by atoms with Gasteiger partial charge in [0.25, 0.3) is 0 Å². The molecule has 9 nitrogen and oxygen atoms in total. The highest BCUT2D eigenvalue weighted by atomic mass is 32.2. The standard InChI is InChI=1S/C28H40N4O5S/c1-4-38(34,35)32-26-17-20(16-25(31-26)30-24(12-14-36-3)23-15-19(23)2)18-37-28(33)27-22(11-8-13-29-27)21-9-6-5-7-10-21/h5-7,9-10,16-17,19,22-24,27,29H,4,8,11-15,18H2,1-3H3,(H2,30,31,32)/t19-,22?,23-,24?,27?/m0/s1. The molecule has 3 unspecified atom stereocenters. The second kappa shape index (κ2) is 12.9. The van der Waals surface area contributed by atoms with Crippen molar-refractivity contribution in [1.82, 2.24) is 10.3 Å². The van der Waals surface area contributed by atoms with Gasteiger partial charge in [-0.05, 0) is 74.2 Å². The van der Waals surface area contributed by atoms with E-state index < -0.39 is 16.1 Å². The number of aromatic nitrogens is 1. The summed E-state index contributed by atoms with van der Waals surface area (Å²) in [6, 6.07) is 13.2. The van der Waals surface area contributed by atoms with Crippen LogP contribution >= 0.6 is 0 Å². The van der Waals surface area contributed by atoms with Crippen molar-refractivity contribution in [3.63, 3.8) is 0 Å². The van der Waals surface area contributed by atoms with Crippen LogP contribution in [0, 0.1) is 11.8 Å². The Morgan fingerprint density at radius 2 is 1.95 bits per heavy atom. The molecule has 2 aliphatic rings. The van der Waals surface area contributed by atoms with Gasteiger partial charge in [-0.3, -0.25) is 9.52 Å². The highest BCUT2D eigenvalue weighted by Gasteiger charge is 2.39. The SMILES string of the molecule is CCS(=O)(=O)Nc1cc(COC(=O)C2NCCCC2c2ccccc2)cc(NC(CCOC)[C@H]2C[C@@H]2C)n1. The molecular weight excluding hydrogens is 504 g/mol. The van der Waals surface area contributed by atoms with E-state index in [1.807, 2.05) is 36.4 Å².